The molecule has 0 radical (unpaired) electrons. The van der Waals surface area contributed by atoms with Crippen molar-refractivity contribution in [1.82, 2.24) is 19.6 Å². The van der Waals surface area contributed by atoms with E-state index < -0.39 is 5.97 Å². The molecule has 1 aromatic carbocycles. The minimum absolute atomic E-state index is 0.0428. The summed E-state index contributed by atoms with van der Waals surface area (Å²) in [6, 6.07) is 5.14. The van der Waals surface area contributed by atoms with Crippen molar-refractivity contribution in [2.24, 2.45) is 0 Å². The Balaban J connectivity index is 1.84. The van der Waals surface area contributed by atoms with E-state index >= 15 is 0 Å². The molecule has 0 atom stereocenters. The van der Waals surface area contributed by atoms with Gasteiger partial charge in [0, 0.05) is 16.8 Å². The van der Waals surface area contributed by atoms with E-state index in [1.807, 2.05) is 6.92 Å². The zero-order valence-corrected chi connectivity index (χ0v) is 13.9. The van der Waals surface area contributed by atoms with E-state index in [9.17, 15) is 4.79 Å². The van der Waals surface area contributed by atoms with E-state index in [1.165, 1.54) is 17.0 Å². The van der Waals surface area contributed by atoms with E-state index in [4.69, 9.17) is 21.1 Å². The highest BCUT2D eigenvalue weighted by molar-refractivity contribution is 6.30. The third-order valence-corrected chi connectivity index (χ3v) is 3.80. The normalized spacial score (nSPS) is 10.8. The number of rotatable bonds is 5. The first-order valence-corrected chi connectivity index (χ1v) is 7.69. The van der Waals surface area contributed by atoms with Crippen molar-refractivity contribution in [3.63, 3.8) is 0 Å². The molecule has 0 saturated heterocycles. The van der Waals surface area contributed by atoms with E-state index in [-0.39, 0.29) is 6.61 Å². The topological polar surface area (TPSA) is 78.6 Å². The zero-order chi connectivity index (χ0) is 17.1. The van der Waals surface area contributed by atoms with E-state index in [1.54, 1.807) is 25.3 Å². The Bertz CT molecular complexity index is 894. The highest BCUT2D eigenvalue weighted by atomic mass is 35.5. The van der Waals surface area contributed by atoms with Crippen molar-refractivity contribution < 1.29 is 14.3 Å². The number of benzene rings is 1. The molecule has 2 heterocycles. The summed E-state index contributed by atoms with van der Waals surface area (Å²) in [5, 5.41) is 4.63. The fourth-order valence-electron chi connectivity index (χ4n) is 2.42. The standard InChI is InChI=1S/C16H15ClN4O3/c1-3-13-12(7-18-16-19-9-20-21(13)16)15(22)24-8-10-6-11(17)4-5-14(10)23-2/h4-7,9H,3,8H2,1-2H3. The molecular weight excluding hydrogens is 332 g/mol. The maximum absolute atomic E-state index is 12.5. The van der Waals surface area contributed by atoms with Gasteiger partial charge in [-0.2, -0.15) is 10.1 Å². The first-order valence-electron chi connectivity index (χ1n) is 7.31. The molecule has 0 amide bonds. The summed E-state index contributed by atoms with van der Waals surface area (Å²) >= 11 is 5.98. The summed E-state index contributed by atoms with van der Waals surface area (Å²) in [7, 11) is 1.55. The van der Waals surface area contributed by atoms with E-state index in [0.717, 1.165) is 0 Å². The van der Waals surface area contributed by atoms with Gasteiger partial charge in [0.2, 0.25) is 0 Å². The van der Waals surface area contributed by atoms with Gasteiger partial charge in [-0.05, 0) is 24.6 Å². The molecular formula is C16H15ClN4O3. The van der Waals surface area contributed by atoms with Crippen LogP contribution in [0.3, 0.4) is 0 Å². The zero-order valence-electron chi connectivity index (χ0n) is 13.2. The summed E-state index contributed by atoms with van der Waals surface area (Å²) in [5.41, 5.74) is 1.74. The van der Waals surface area contributed by atoms with Crippen LogP contribution in [-0.2, 0) is 17.8 Å². The highest BCUT2D eigenvalue weighted by Gasteiger charge is 2.17. The molecule has 8 heteroatoms. The number of carbonyl (C=O) groups excluding carboxylic acids is 1. The summed E-state index contributed by atoms with van der Waals surface area (Å²) in [6.45, 7) is 1.97. The number of ether oxygens (including phenoxy) is 2. The second-order valence-corrected chi connectivity index (χ2v) is 5.41. The van der Waals surface area contributed by atoms with Gasteiger partial charge in [0.25, 0.3) is 5.78 Å². The van der Waals surface area contributed by atoms with Crippen LogP contribution in [-0.4, -0.2) is 32.7 Å². The molecule has 3 aromatic rings. The van der Waals surface area contributed by atoms with Gasteiger partial charge < -0.3 is 9.47 Å². The van der Waals surface area contributed by atoms with Crippen LogP contribution >= 0.6 is 11.6 Å². The van der Waals surface area contributed by atoms with Gasteiger partial charge in [-0.15, -0.1) is 0 Å². The number of aryl methyl sites for hydroxylation is 1. The van der Waals surface area contributed by atoms with Crippen LogP contribution in [0.4, 0.5) is 0 Å². The predicted molar refractivity (Wildman–Crippen MR) is 87.3 cm³/mol. The summed E-state index contributed by atoms with van der Waals surface area (Å²) in [5.74, 6) is 0.562. The lowest BCUT2D eigenvalue weighted by Gasteiger charge is -2.11. The van der Waals surface area contributed by atoms with Crippen molar-refractivity contribution in [3.8, 4) is 5.75 Å². The van der Waals surface area contributed by atoms with Crippen LogP contribution in [0, 0.1) is 0 Å². The van der Waals surface area contributed by atoms with E-state index in [2.05, 4.69) is 15.1 Å². The molecule has 0 aliphatic rings. The number of hydrogen-bond acceptors (Lipinski definition) is 6. The Labute approximate surface area is 143 Å². The Morgan fingerprint density at radius 2 is 2.17 bits per heavy atom. The Morgan fingerprint density at radius 1 is 1.33 bits per heavy atom. The van der Waals surface area contributed by atoms with Crippen molar-refractivity contribution in [1.29, 1.82) is 0 Å². The van der Waals surface area contributed by atoms with Gasteiger partial charge in [-0.3, -0.25) is 0 Å². The summed E-state index contributed by atoms with van der Waals surface area (Å²) < 4.78 is 12.2. The lowest BCUT2D eigenvalue weighted by molar-refractivity contribution is 0.0467. The predicted octanol–water partition coefficient (Wildman–Crippen LogP) is 2.71. The van der Waals surface area contributed by atoms with Crippen LogP contribution in [0.15, 0.2) is 30.7 Å². The van der Waals surface area contributed by atoms with Crippen molar-refractivity contribution >= 4 is 23.3 Å². The highest BCUT2D eigenvalue weighted by Crippen LogP contribution is 2.24. The molecule has 0 N–H and O–H groups in total. The number of halogens is 1. The lowest BCUT2D eigenvalue weighted by atomic mass is 10.2. The fraction of sp³-hybridized carbons (Fsp3) is 0.250. The number of nitrogens with zero attached hydrogens (tertiary/aromatic N) is 4. The third-order valence-electron chi connectivity index (χ3n) is 3.56. The third kappa shape index (κ3) is 3.03. The van der Waals surface area contributed by atoms with Crippen LogP contribution in [0.5, 0.6) is 5.75 Å². The molecule has 0 unspecified atom stereocenters. The molecule has 124 valence electrons. The minimum atomic E-state index is -0.487. The molecule has 7 nitrogen and oxygen atoms in total. The monoisotopic (exact) mass is 346 g/mol. The van der Waals surface area contributed by atoms with Gasteiger partial charge >= 0.3 is 5.97 Å². The molecule has 0 bridgehead atoms. The van der Waals surface area contributed by atoms with Crippen LogP contribution in [0.2, 0.25) is 5.02 Å². The average Bonchev–Trinajstić information content (AvgIpc) is 3.07. The van der Waals surface area contributed by atoms with Crippen molar-refractivity contribution in [2.75, 3.05) is 7.11 Å². The molecule has 0 spiro atoms. The maximum atomic E-state index is 12.5. The van der Waals surface area contributed by atoms with E-state index in [0.29, 0.717) is 39.8 Å². The second-order valence-electron chi connectivity index (χ2n) is 4.98. The van der Waals surface area contributed by atoms with Gasteiger partial charge in [0.1, 0.15) is 18.7 Å². The van der Waals surface area contributed by atoms with Gasteiger partial charge in [0.15, 0.2) is 0 Å². The molecule has 2 aromatic heterocycles. The Kier molecular flexibility index (Phi) is 4.61. The Hall–Kier alpha value is -2.67. The number of methoxy groups -OCH3 is 1. The number of fused-ring (bicyclic) bond motifs is 1. The summed E-state index contributed by atoms with van der Waals surface area (Å²) in [4.78, 5) is 20.6. The van der Waals surface area contributed by atoms with Crippen molar-refractivity contribution in [2.45, 2.75) is 20.0 Å². The maximum Gasteiger partial charge on any atom is 0.341 e. The summed E-state index contributed by atoms with van der Waals surface area (Å²) in [6.07, 6.45) is 3.45. The van der Waals surface area contributed by atoms with Gasteiger partial charge in [0.05, 0.1) is 18.4 Å². The van der Waals surface area contributed by atoms with Crippen LogP contribution < -0.4 is 4.74 Å². The molecule has 24 heavy (non-hydrogen) atoms. The first-order chi connectivity index (χ1) is 11.6. The number of carbonyl (C=O) groups is 1. The van der Waals surface area contributed by atoms with Crippen LogP contribution in [0.25, 0.3) is 5.78 Å². The Morgan fingerprint density at radius 3 is 2.92 bits per heavy atom. The first kappa shape index (κ1) is 16.2. The van der Waals surface area contributed by atoms with Crippen LogP contribution in [0.1, 0.15) is 28.5 Å². The number of hydrogen-bond donors (Lipinski definition) is 0. The molecule has 0 aliphatic carbocycles. The SMILES string of the molecule is CCc1c(C(=O)OCc2cc(Cl)ccc2OC)cnc2ncnn12. The largest absolute Gasteiger partial charge is 0.496 e. The second kappa shape index (κ2) is 6.84. The van der Waals surface area contributed by atoms with Gasteiger partial charge in [-0.25, -0.2) is 14.3 Å². The molecule has 0 aliphatic heterocycles. The smallest absolute Gasteiger partial charge is 0.341 e. The quantitative estimate of drug-likeness (QED) is 0.661. The number of esters is 1. The average molecular weight is 347 g/mol. The molecule has 3 rings (SSSR count). The number of aromatic nitrogens is 4. The molecule has 0 fully saturated rings. The van der Waals surface area contributed by atoms with Gasteiger partial charge in [-0.1, -0.05) is 18.5 Å². The lowest BCUT2D eigenvalue weighted by Crippen LogP contribution is -2.13. The fourth-order valence-corrected chi connectivity index (χ4v) is 2.61. The molecule has 0 saturated carbocycles. The van der Waals surface area contributed by atoms with Crippen molar-refractivity contribution in [3.05, 3.63) is 52.6 Å². The minimum Gasteiger partial charge on any atom is -0.496 e.